The maximum Gasteiger partial charge on any atom is 0.315 e. The van der Waals surface area contributed by atoms with E-state index >= 15 is 0 Å². The minimum Gasteiger partial charge on any atom is -0.371 e. The Balaban J connectivity index is 1.32. The van der Waals surface area contributed by atoms with Gasteiger partial charge in [0.05, 0.1) is 17.9 Å². The van der Waals surface area contributed by atoms with Gasteiger partial charge in [-0.2, -0.15) is 5.10 Å². The van der Waals surface area contributed by atoms with Crippen molar-refractivity contribution in [3.63, 3.8) is 0 Å². The summed E-state index contributed by atoms with van der Waals surface area (Å²) in [6.07, 6.45) is 10.1. The predicted octanol–water partition coefficient (Wildman–Crippen LogP) is 1.61. The Morgan fingerprint density at radius 1 is 1.30 bits per heavy atom. The highest BCUT2D eigenvalue weighted by Gasteiger charge is 2.32. The number of nitrogens with one attached hydrogen (secondary N) is 2. The summed E-state index contributed by atoms with van der Waals surface area (Å²) >= 11 is 0. The van der Waals surface area contributed by atoms with Crippen LogP contribution in [0.3, 0.4) is 0 Å². The molecule has 0 saturated carbocycles. The smallest absolute Gasteiger partial charge is 0.315 e. The number of aromatic nitrogens is 3. The summed E-state index contributed by atoms with van der Waals surface area (Å²) in [5.74, 6) is 0. The van der Waals surface area contributed by atoms with Crippen molar-refractivity contribution in [2.45, 2.75) is 37.5 Å². The van der Waals surface area contributed by atoms with Crippen molar-refractivity contribution in [2.75, 3.05) is 24.6 Å². The second-order valence-corrected chi connectivity index (χ2v) is 7.25. The van der Waals surface area contributed by atoms with Gasteiger partial charge in [-0.25, -0.2) is 4.79 Å². The lowest BCUT2D eigenvalue weighted by Gasteiger charge is -2.34. The molecule has 0 bridgehead atoms. The summed E-state index contributed by atoms with van der Waals surface area (Å²) in [4.78, 5) is 19.0. The number of pyridine rings is 1. The SMILES string of the molecule is Cn1cc(N2CCCC(NC(=O)N[C@@H]3CCO[C@H]3c3cccnc3)C2)cn1. The summed E-state index contributed by atoms with van der Waals surface area (Å²) in [5.41, 5.74) is 2.10. The molecule has 4 heterocycles. The van der Waals surface area contributed by atoms with Crippen LogP contribution in [0.15, 0.2) is 36.9 Å². The number of hydrogen-bond acceptors (Lipinski definition) is 5. The van der Waals surface area contributed by atoms with E-state index in [9.17, 15) is 4.79 Å². The molecule has 8 nitrogen and oxygen atoms in total. The number of anilines is 1. The zero-order chi connectivity index (χ0) is 18.6. The second-order valence-electron chi connectivity index (χ2n) is 7.25. The Labute approximate surface area is 158 Å². The highest BCUT2D eigenvalue weighted by Crippen LogP contribution is 2.28. The molecule has 0 aromatic carbocycles. The summed E-state index contributed by atoms with van der Waals surface area (Å²) in [6, 6.07) is 3.84. The Kier molecular flexibility index (Phi) is 5.24. The van der Waals surface area contributed by atoms with Crippen LogP contribution in [0.2, 0.25) is 0 Å². The number of carbonyl (C=O) groups excluding carboxylic acids is 1. The Morgan fingerprint density at radius 2 is 2.22 bits per heavy atom. The van der Waals surface area contributed by atoms with Crippen LogP contribution in [0, 0.1) is 0 Å². The molecule has 2 amide bonds. The Hall–Kier alpha value is -2.61. The third-order valence-electron chi connectivity index (χ3n) is 5.23. The van der Waals surface area contributed by atoms with Gasteiger partial charge in [0.1, 0.15) is 6.10 Å². The van der Waals surface area contributed by atoms with Crippen molar-refractivity contribution in [1.82, 2.24) is 25.4 Å². The quantitative estimate of drug-likeness (QED) is 0.854. The van der Waals surface area contributed by atoms with E-state index in [1.165, 1.54) is 0 Å². The van der Waals surface area contributed by atoms with Crippen LogP contribution in [0.4, 0.5) is 10.5 Å². The van der Waals surface area contributed by atoms with Gasteiger partial charge in [-0.05, 0) is 25.3 Å². The van der Waals surface area contributed by atoms with Gasteiger partial charge in [0, 0.05) is 56.9 Å². The number of piperidine rings is 1. The zero-order valence-corrected chi connectivity index (χ0v) is 15.5. The van der Waals surface area contributed by atoms with E-state index < -0.39 is 0 Å². The van der Waals surface area contributed by atoms with E-state index in [1.54, 1.807) is 17.1 Å². The van der Waals surface area contributed by atoms with E-state index in [0.717, 1.165) is 43.6 Å². The molecule has 0 aliphatic carbocycles. The number of amides is 2. The molecule has 2 fully saturated rings. The Bertz CT molecular complexity index is 765. The number of aryl methyl sites for hydroxylation is 1. The Morgan fingerprint density at radius 3 is 3.00 bits per heavy atom. The maximum atomic E-state index is 12.6. The summed E-state index contributed by atoms with van der Waals surface area (Å²) < 4.78 is 7.62. The molecule has 2 aliphatic heterocycles. The fraction of sp³-hybridized carbons (Fsp3) is 0.526. The van der Waals surface area contributed by atoms with Gasteiger partial charge in [0.2, 0.25) is 0 Å². The van der Waals surface area contributed by atoms with Crippen LogP contribution < -0.4 is 15.5 Å². The standard InChI is InChI=1S/C19H26N6O2/c1-24-13-16(11-21-24)25-8-3-5-15(12-25)22-19(26)23-17-6-9-27-18(17)14-4-2-7-20-10-14/h2,4,7,10-11,13,15,17-18H,3,5-6,8-9,12H2,1H3,(H2,22,23,26)/t15?,17-,18+/m1/s1. The fourth-order valence-electron chi connectivity index (χ4n) is 3.91. The summed E-state index contributed by atoms with van der Waals surface area (Å²) in [5, 5.41) is 10.5. The average molecular weight is 370 g/mol. The molecular weight excluding hydrogens is 344 g/mol. The van der Waals surface area contributed by atoms with Gasteiger partial charge in [-0.1, -0.05) is 6.07 Å². The number of rotatable bonds is 4. The molecule has 0 radical (unpaired) electrons. The number of ether oxygens (including phenoxy) is 1. The zero-order valence-electron chi connectivity index (χ0n) is 15.5. The van der Waals surface area contributed by atoms with Gasteiger partial charge >= 0.3 is 6.03 Å². The van der Waals surface area contributed by atoms with Crippen molar-refractivity contribution < 1.29 is 9.53 Å². The lowest BCUT2D eigenvalue weighted by Crippen LogP contribution is -2.52. The van der Waals surface area contributed by atoms with E-state index in [1.807, 2.05) is 31.6 Å². The molecule has 2 aromatic heterocycles. The van der Waals surface area contributed by atoms with Crippen molar-refractivity contribution in [3.05, 3.63) is 42.5 Å². The average Bonchev–Trinajstić information content (AvgIpc) is 3.31. The van der Waals surface area contributed by atoms with Crippen molar-refractivity contribution in [3.8, 4) is 0 Å². The number of nitrogens with zero attached hydrogens (tertiary/aromatic N) is 4. The first-order chi connectivity index (χ1) is 13.2. The van der Waals surface area contributed by atoms with Crippen LogP contribution in [0.25, 0.3) is 0 Å². The van der Waals surface area contributed by atoms with E-state index in [-0.39, 0.29) is 24.2 Å². The monoisotopic (exact) mass is 370 g/mol. The van der Waals surface area contributed by atoms with Crippen LogP contribution in [-0.2, 0) is 11.8 Å². The van der Waals surface area contributed by atoms with Gasteiger partial charge in [-0.15, -0.1) is 0 Å². The maximum absolute atomic E-state index is 12.6. The van der Waals surface area contributed by atoms with Crippen molar-refractivity contribution >= 4 is 11.7 Å². The highest BCUT2D eigenvalue weighted by molar-refractivity contribution is 5.75. The highest BCUT2D eigenvalue weighted by atomic mass is 16.5. The summed E-state index contributed by atoms with van der Waals surface area (Å²) in [7, 11) is 1.92. The molecule has 2 saturated heterocycles. The molecule has 2 aromatic rings. The van der Waals surface area contributed by atoms with E-state index in [0.29, 0.717) is 6.61 Å². The van der Waals surface area contributed by atoms with Crippen LogP contribution in [0.5, 0.6) is 0 Å². The van der Waals surface area contributed by atoms with Gasteiger partial charge in [-0.3, -0.25) is 9.67 Å². The molecule has 3 atom stereocenters. The van der Waals surface area contributed by atoms with Gasteiger partial charge in [0.15, 0.2) is 0 Å². The molecule has 4 rings (SSSR count). The first-order valence-electron chi connectivity index (χ1n) is 9.51. The molecule has 8 heteroatoms. The first kappa shape index (κ1) is 17.8. The molecule has 0 spiro atoms. The minimum absolute atomic E-state index is 0.0350. The number of urea groups is 1. The van der Waals surface area contributed by atoms with Crippen LogP contribution in [0.1, 0.15) is 30.9 Å². The normalized spacial score (nSPS) is 25.4. The lowest BCUT2D eigenvalue weighted by molar-refractivity contribution is 0.0995. The van der Waals surface area contributed by atoms with Crippen LogP contribution >= 0.6 is 0 Å². The molecule has 1 unspecified atom stereocenters. The van der Waals surface area contributed by atoms with Crippen molar-refractivity contribution in [1.29, 1.82) is 0 Å². The predicted molar refractivity (Wildman–Crippen MR) is 101 cm³/mol. The van der Waals surface area contributed by atoms with Gasteiger partial charge < -0.3 is 20.3 Å². The third kappa shape index (κ3) is 4.21. The molecular formula is C19H26N6O2. The third-order valence-corrected chi connectivity index (χ3v) is 5.23. The van der Waals surface area contributed by atoms with Gasteiger partial charge in [0.25, 0.3) is 0 Å². The van der Waals surface area contributed by atoms with Crippen molar-refractivity contribution in [2.24, 2.45) is 7.05 Å². The molecule has 27 heavy (non-hydrogen) atoms. The molecule has 144 valence electrons. The topological polar surface area (TPSA) is 84.3 Å². The number of carbonyl (C=O) groups is 1. The fourth-order valence-corrected chi connectivity index (χ4v) is 3.91. The molecule has 2 aliphatic rings. The largest absolute Gasteiger partial charge is 0.371 e. The second kappa shape index (κ2) is 7.96. The van der Waals surface area contributed by atoms with Crippen LogP contribution in [-0.4, -0.2) is 52.6 Å². The van der Waals surface area contributed by atoms with E-state index in [4.69, 9.17) is 4.74 Å². The summed E-state index contributed by atoms with van der Waals surface area (Å²) in [6.45, 7) is 2.43. The minimum atomic E-state index is -0.136. The number of hydrogen-bond donors (Lipinski definition) is 2. The first-order valence-corrected chi connectivity index (χ1v) is 9.51. The lowest BCUT2D eigenvalue weighted by atomic mass is 10.0. The van der Waals surface area contributed by atoms with E-state index in [2.05, 4.69) is 25.6 Å². The molecule has 2 N–H and O–H groups in total.